The predicted molar refractivity (Wildman–Crippen MR) is 173 cm³/mol. The summed E-state index contributed by atoms with van der Waals surface area (Å²) in [6.07, 6.45) is 24.9. The SMILES string of the molecule is C=CCCCCCCCCCCCCCCCCCC[N+](C(CCC)C(=O)O)(C(CCC)C(=O)O)C(CCC)C(=O)O. The first-order chi connectivity index (χ1) is 20.2. The average molecular weight is 597 g/mol. The van der Waals surface area contributed by atoms with Crippen LogP contribution in [0.2, 0.25) is 0 Å². The summed E-state index contributed by atoms with van der Waals surface area (Å²) in [6.45, 7) is 9.69. The number of allylic oxidation sites excluding steroid dienone is 1. The number of carboxylic acids is 3. The fraction of sp³-hybridized carbons (Fsp3) is 0.857. The van der Waals surface area contributed by atoms with Gasteiger partial charge < -0.3 is 15.3 Å². The van der Waals surface area contributed by atoms with Crippen molar-refractivity contribution in [3.05, 3.63) is 12.7 Å². The van der Waals surface area contributed by atoms with E-state index < -0.39 is 36.0 Å². The zero-order valence-corrected chi connectivity index (χ0v) is 27.5. The topological polar surface area (TPSA) is 112 Å². The molecule has 0 heterocycles. The van der Waals surface area contributed by atoms with E-state index in [1.54, 1.807) is 0 Å². The summed E-state index contributed by atoms with van der Waals surface area (Å²) in [6, 6.07) is -3.13. The van der Waals surface area contributed by atoms with Crippen LogP contribution in [0.1, 0.15) is 168 Å². The standard InChI is InChI=1S/C35H65NO6/c1-5-9-10-11-12-13-14-15-16-17-18-19-20-21-22-23-24-25-29-36(30(26-6-2)33(37)38,31(27-7-3)34(39)40)32(28-8-4)35(41)42/h5,30-32H,1,6-29H2,2-4H3,(H2-,37,38,39,40,41,42)/p+1. The van der Waals surface area contributed by atoms with Crippen molar-refractivity contribution in [1.29, 1.82) is 0 Å². The maximum Gasteiger partial charge on any atom is 0.362 e. The Bertz CT molecular complexity index is 664. The van der Waals surface area contributed by atoms with Gasteiger partial charge in [0, 0.05) is 19.3 Å². The molecule has 3 N–H and O–H groups in total. The van der Waals surface area contributed by atoms with Crippen LogP contribution in [0, 0.1) is 0 Å². The molecule has 0 aromatic heterocycles. The van der Waals surface area contributed by atoms with E-state index in [0.717, 1.165) is 25.7 Å². The van der Waals surface area contributed by atoms with Gasteiger partial charge in [-0.1, -0.05) is 110 Å². The number of carboxylic acid groups (broad SMARTS) is 3. The van der Waals surface area contributed by atoms with Gasteiger partial charge in [-0.05, 0) is 44.9 Å². The van der Waals surface area contributed by atoms with Crippen LogP contribution in [-0.4, -0.2) is 62.4 Å². The summed E-state index contributed by atoms with van der Waals surface area (Å²) in [7, 11) is 0. The fourth-order valence-electron chi connectivity index (χ4n) is 6.80. The Hall–Kier alpha value is -1.89. The molecule has 0 fully saturated rings. The molecule has 7 heteroatoms. The number of aliphatic carboxylic acids is 3. The van der Waals surface area contributed by atoms with Crippen LogP contribution in [0.5, 0.6) is 0 Å². The van der Waals surface area contributed by atoms with Gasteiger partial charge in [-0.25, -0.2) is 14.4 Å². The van der Waals surface area contributed by atoms with Crippen LogP contribution in [0.4, 0.5) is 0 Å². The predicted octanol–water partition coefficient (Wildman–Crippen LogP) is 9.38. The van der Waals surface area contributed by atoms with Crippen molar-refractivity contribution in [1.82, 2.24) is 0 Å². The first-order valence-electron chi connectivity index (χ1n) is 17.4. The molecule has 3 unspecified atom stereocenters. The third kappa shape index (κ3) is 15.5. The van der Waals surface area contributed by atoms with E-state index in [9.17, 15) is 29.7 Å². The minimum absolute atomic E-state index is 0.270. The first-order valence-corrected chi connectivity index (χ1v) is 17.4. The van der Waals surface area contributed by atoms with Gasteiger partial charge in [0.15, 0.2) is 18.1 Å². The largest absolute Gasteiger partial charge is 0.477 e. The third-order valence-corrected chi connectivity index (χ3v) is 8.99. The van der Waals surface area contributed by atoms with Gasteiger partial charge in [0.2, 0.25) is 0 Å². The molecule has 7 nitrogen and oxygen atoms in total. The number of rotatable bonds is 31. The highest BCUT2D eigenvalue weighted by Gasteiger charge is 2.56. The van der Waals surface area contributed by atoms with Gasteiger partial charge in [-0.2, -0.15) is 0 Å². The lowest BCUT2D eigenvalue weighted by atomic mass is 9.91. The van der Waals surface area contributed by atoms with Crippen LogP contribution in [0.25, 0.3) is 0 Å². The van der Waals surface area contributed by atoms with Crippen LogP contribution in [0.15, 0.2) is 12.7 Å². The van der Waals surface area contributed by atoms with Crippen molar-refractivity contribution in [2.24, 2.45) is 0 Å². The Kier molecular flexibility index (Phi) is 24.4. The Morgan fingerprint density at radius 2 is 0.786 bits per heavy atom. The van der Waals surface area contributed by atoms with E-state index in [0.29, 0.717) is 25.7 Å². The Morgan fingerprint density at radius 1 is 0.524 bits per heavy atom. The highest BCUT2D eigenvalue weighted by molar-refractivity contribution is 5.78. The van der Waals surface area contributed by atoms with Crippen molar-refractivity contribution >= 4 is 17.9 Å². The lowest BCUT2D eigenvalue weighted by Gasteiger charge is -2.50. The monoisotopic (exact) mass is 596 g/mol. The summed E-state index contributed by atoms with van der Waals surface area (Å²) in [4.78, 5) is 37.8. The summed E-state index contributed by atoms with van der Waals surface area (Å²) in [5, 5.41) is 30.9. The molecule has 3 atom stereocenters. The van der Waals surface area contributed by atoms with E-state index in [4.69, 9.17) is 0 Å². The molecule has 0 rings (SSSR count). The van der Waals surface area contributed by atoms with Crippen LogP contribution < -0.4 is 0 Å². The third-order valence-electron chi connectivity index (χ3n) is 8.99. The van der Waals surface area contributed by atoms with Crippen molar-refractivity contribution in [3.8, 4) is 0 Å². The van der Waals surface area contributed by atoms with Gasteiger partial charge in [0.05, 0.1) is 6.54 Å². The van der Waals surface area contributed by atoms with Crippen molar-refractivity contribution in [2.75, 3.05) is 6.54 Å². The summed E-state index contributed by atoms with van der Waals surface area (Å²) >= 11 is 0. The average Bonchev–Trinajstić information content (AvgIpc) is 2.95. The lowest BCUT2D eigenvalue weighted by molar-refractivity contribution is -0.973. The van der Waals surface area contributed by atoms with Crippen molar-refractivity contribution < 1.29 is 34.2 Å². The van der Waals surface area contributed by atoms with E-state index in [1.807, 2.05) is 26.8 Å². The molecule has 0 radical (unpaired) electrons. The highest BCUT2D eigenvalue weighted by atomic mass is 16.4. The van der Waals surface area contributed by atoms with Gasteiger partial charge in [-0.3, -0.25) is 4.48 Å². The van der Waals surface area contributed by atoms with Crippen molar-refractivity contribution in [2.45, 2.75) is 187 Å². The molecule has 0 saturated carbocycles. The lowest BCUT2D eigenvalue weighted by Crippen LogP contribution is -2.72. The first kappa shape index (κ1) is 40.1. The molecule has 0 aromatic carbocycles. The van der Waals surface area contributed by atoms with Gasteiger partial charge >= 0.3 is 17.9 Å². The Balaban J connectivity index is 4.86. The number of quaternary nitrogens is 1. The second-order valence-corrected chi connectivity index (χ2v) is 12.4. The molecule has 0 aliphatic heterocycles. The van der Waals surface area contributed by atoms with E-state index in [2.05, 4.69) is 6.58 Å². The number of hydrogen-bond donors (Lipinski definition) is 3. The van der Waals surface area contributed by atoms with Crippen LogP contribution in [0.3, 0.4) is 0 Å². The molecule has 0 bridgehead atoms. The molecule has 0 spiro atoms. The number of carbonyl (C=O) groups is 3. The number of nitrogens with zero attached hydrogens (tertiary/aromatic N) is 1. The minimum Gasteiger partial charge on any atom is -0.477 e. The van der Waals surface area contributed by atoms with Crippen LogP contribution >= 0.6 is 0 Å². The molecule has 0 saturated heterocycles. The van der Waals surface area contributed by atoms with Gasteiger partial charge in [0.1, 0.15) is 0 Å². The summed E-state index contributed by atoms with van der Waals surface area (Å²) < 4.78 is -0.370. The van der Waals surface area contributed by atoms with Gasteiger partial charge in [-0.15, -0.1) is 6.58 Å². The zero-order valence-electron chi connectivity index (χ0n) is 27.5. The maximum atomic E-state index is 12.6. The molecule has 246 valence electrons. The number of unbranched alkanes of at least 4 members (excludes halogenated alkanes) is 16. The van der Waals surface area contributed by atoms with E-state index in [-0.39, 0.29) is 30.3 Å². The Labute approximate surface area is 257 Å². The smallest absolute Gasteiger partial charge is 0.362 e. The van der Waals surface area contributed by atoms with E-state index >= 15 is 0 Å². The summed E-state index contributed by atoms with van der Waals surface area (Å²) in [5.74, 6) is -3.25. The Morgan fingerprint density at radius 3 is 1.02 bits per heavy atom. The zero-order chi connectivity index (χ0) is 31.6. The molecule has 0 amide bonds. The molecule has 0 aliphatic rings. The number of hydrogen-bond acceptors (Lipinski definition) is 3. The summed E-state index contributed by atoms with van der Waals surface area (Å²) in [5.41, 5.74) is 0. The molecule has 42 heavy (non-hydrogen) atoms. The maximum absolute atomic E-state index is 12.6. The normalized spacial score (nSPS) is 15.0. The second kappa shape index (κ2) is 25.6. The molecule has 0 aliphatic carbocycles. The quantitative estimate of drug-likeness (QED) is 0.0417. The molecular weight excluding hydrogens is 530 g/mol. The van der Waals surface area contributed by atoms with Crippen molar-refractivity contribution in [3.63, 3.8) is 0 Å². The second-order valence-electron chi connectivity index (χ2n) is 12.4. The van der Waals surface area contributed by atoms with Gasteiger partial charge in [0.25, 0.3) is 0 Å². The molecule has 0 aromatic rings. The van der Waals surface area contributed by atoms with E-state index in [1.165, 1.54) is 77.0 Å². The molecular formula is C35H66NO6+. The highest BCUT2D eigenvalue weighted by Crippen LogP contribution is 2.34. The van der Waals surface area contributed by atoms with Crippen LogP contribution in [-0.2, 0) is 14.4 Å². The minimum atomic E-state index is -1.08. The fourth-order valence-corrected chi connectivity index (χ4v) is 6.80.